The summed E-state index contributed by atoms with van der Waals surface area (Å²) in [7, 11) is 3.08. The van der Waals surface area contributed by atoms with Gasteiger partial charge < -0.3 is 23.9 Å². The molecular weight excluding hydrogens is 338 g/mol. The van der Waals surface area contributed by atoms with Gasteiger partial charge in [-0.3, -0.25) is 9.59 Å². The highest BCUT2D eigenvalue weighted by Crippen LogP contribution is 2.40. The van der Waals surface area contributed by atoms with E-state index in [4.69, 9.17) is 13.9 Å². The molecule has 1 atom stereocenters. The fraction of sp³-hybridized carbons (Fsp3) is 0.368. The van der Waals surface area contributed by atoms with Crippen LogP contribution in [0.2, 0.25) is 0 Å². The highest BCUT2D eigenvalue weighted by molar-refractivity contribution is 5.93. The van der Waals surface area contributed by atoms with Gasteiger partial charge in [0.05, 0.1) is 32.9 Å². The van der Waals surface area contributed by atoms with Gasteiger partial charge in [-0.1, -0.05) is 0 Å². The summed E-state index contributed by atoms with van der Waals surface area (Å²) in [5.41, 5.74) is 2.44. The van der Waals surface area contributed by atoms with E-state index in [1.54, 1.807) is 31.1 Å². The van der Waals surface area contributed by atoms with E-state index >= 15 is 0 Å². The van der Waals surface area contributed by atoms with Gasteiger partial charge in [-0.2, -0.15) is 0 Å². The van der Waals surface area contributed by atoms with Crippen molar-refractivity contribution in [3.63, 3.8) is 0 Å². The monoisotopic (exact) mass is 359 g/mol. The molecule has 0 saturated carbocycles. The van der Waals surface area contributed by atoms with E-state index in [1.165, 1.54) is 13.4 Å². The minimum atomic E-state index is -0.980. The zero-order chi connectivity index (χ0) is 18.8. The number of aryl methyl sites for hydroxylation is 1. The van der Waals surface area contributed by atoms with Crippen LogP contribution < -0.4 is 9.47 Å². The molecule has 1 aromatic carbocycles. The number of fused-ring (bicyclic) bond motifs is 1. The van der Waals surface area contributed by atoms with E-state index in [-0.39, 0.29) is 18.1 Å². The molecule has 2 heterocycles. The van der Waals surface area contributed by atoms with Crippen LogP contribution in [-0.2, 0) is 11.2 Å². The molecule has 0 fully saturated rings. The average Bonchev–Trinajstić information content (AvgIpc) is 3.05. The number of carboxylic acids is 1. The molecule has 1 amide bonds. The molecule has 1 aliphatic heterocycles. The van der Waals surface area contributed by atoms with Crippen molar-refractivity contribution in [2.75, 3.05) is 20.8 Å². The standard InChI is InChI=1S/C19H21NO6/c1-11-5-7-26-18(11)19(23)20-6-4-12-8-15(24-2)16(25-3)9-13(12)14(20)10-17(21)22/h5,7-9,14H,4,6,10H2,1-3H3,(H,21,22)/t14-/m0/s1. The number of rotatable bonds is 5. The molecular formula is C19H21NO6. The summed E-state index contributed by atoms with van der Waals surface area (Å²) in [5.74, 6) is 0.0437. The van der Waals surface area contributed by atoms with Gasteiger partial charge in [0.1, 0.15) is 0 Å². The Bertz CT molecular complexity index is 841. The normalized spacial score (nSPS) is 16.1. The number of carbonyl (C=O) groups is 2. The first kappa shape index (κ1) is 17.8. The van der Waals surface area contributed by atoms with E-state index in [0.717, 1.165) is 16.7 Å². The van der Waals surface area contributed by atoms with E-state index in [1.807, 2.05) is 6.07 Å². The Morgan fingerprint density at radius 3 is 2.54 bits per heavy atom. The maximum Gasteiger partial charge on any atom is 0.305 e. The Balaban J connectivity index is 2.05. The number of methoxy groups -OCH3 is 2. The topological polar surface area (TPSA) is 89.2 Å². The number of carbonyl (C=O) groups excluding carboxylic acids is 1. The fourth-order valence-corrected chi connectivity index (χ4v) is 3.38. The second-order valence-electron chi connectivity index (χ2n) is 6.20. The van der Waals surface area contributed by atoms with Crippen LogP contribution in [0.5, 0.6) is 11.5 Å². The van der Waals surface area contributed by atoms with Crippen molar-refractivity contribution in [1.82, 2.24) is 4.90 Å². The van der Waals surface area contributed by atoms with Crippen LogP contribution in [0, 0.1) is 6.92 Å². The number of ether oxygens (including phenoxy) is 2. The molecule has 0 unspecified atom stereocenters. The summed E-state index contributed by atoms with van der Waals surface area (Å²) in [6.45, 7) is 2.19. The number of carboxylic acid groups (broad SMARTS) is 1. The van der Waals surface area contributed by atoms with Crippen LogP contribution in [0.4, 0.5) is 0 Å². The smallest absolute Gasteiger partial charge is 0.305 e. The molecule has 7 nitrogen and oxygen atoms in total. The van der Waals surface area contributed by atoms with Crippen LogP contribution in [0.15, 0.2) is 28.9 Å². The predicted octanol–water partition coefficient (Wildman–Crippen LogP) is 2.82. The van der Waals surface area contributed by atoms with Gasteiger partial charge in [-0.25, -0.2) is 0 Å². The van der Waals surface area contributed by atoms with Gasteiger partial charge in [0.2, 0.25) is 0 Å². The quantitative estimate of drug-likeness (QED) is 0.883. The van der Waals surface area contributed by atoms with Crippen LogP contribution >= 0.6 is 0 Å². The van der Waals surface area contributed by atoms with Crippen LogP contribution in [0.1, 0.15) is 39.7 Å². The third-order valence-electron chi connectivity index (χ3n) is 4.69. The first-order chi connectivity index (χ1) is 12.5. The maximum absolute atomic E-state index is 12.9. The van der Waals surface area contributed by atoms with Gasteiger partial charge in [0, 0.05) is 12.1 Å². The van der Waals surface area contributed by atoms with Crippen molar-refractivity contribution < 1.29 is 28.6 Å². The van der Waals surface area contributed by atoms with Gasteiger partial charge in [-0.15, -0.1) is 0 Å². The average molecular weight is 359 g/mol. The molecule has 0 spiro atoms. The Morgan fingerprint density at radius 1 is 1.27 bits per heavy atom. The zero-order valence-electron chi connectivity index (χ0n) is 14.9. The van der Waals surface area contributed by atoms with E-state index in [9.17, 15) is 14.7 Å². The molecule has 26 heavy (non-hydrogen) atoms. The first-order valence-electron chi connectivity index (χ1n) is 8.28. The number of aliphatic carboxylic acids is 1. The molecule has 1 aromatic heterocycles. The lowest BCUT2D eigenvalue weighted by molar-refractivity contribution is -0.138. The second-order valence-corrected chi connectivity index (χ2v) is 6.20. The SMILES string of the molecule is COc1cc2c(cc1OC)[C@H](CC(=O)O)N(C(=O)c1occc1C)CC2. The molecule has 0 bridgehead atoms. The van der Waals surface area contributed by atoms with Gasteiger partial charge in [0.25, 0.3) is 5.91 Å². The van der Waals surface area contributed by atoms with E-state index in [2.05, 4.69) is 0 Å². The minimum Gasteiger partial charge on any atom is -0.493 e. The third-order valence-corrected chi connectivity index (χ3v) is 4.69. The first-order valence-corrected chi connectivity index (χ1v) is 8.28. The lowest BCUT2D eigenvalue weighted by atomic mass is 9.89. The molecule has 0 aliphatic carbocycles. The van der Waals surface area contributed by atoms with Crippen molar-refractivity contribution in [3.8, 4) is 11.5 Å². The number of hydrogen-bond acceptors (Lipinski definition) is 5. The molecule has 2 aromatic rings. The summed E-state index contributed by atoms with van der Waals surface area (Å²) in [6, 6.07) is 4.72. The summed E-state index contributed by atoms with van der Waals surface area (Å²) < 4.78 is 16.0. The lowest BCUT2D eigenvalue weighted by Crippen LogP contribution is -2.41. The van der Waals surface area contributed by atoms with Gasteiger partial charge in [-0.05, 0) is 42.7 Å². The van der Waals surface area contributed by atoms with Crippen LogP contribution in [0.3, 0.4) is 0 Å². The number of hydrogen-bond donors (Lipinski definition) is 1. The Morgan fingerprint density at radius 2 is 1.96 bits per heavy atom. The minimum absolute atomic E-state index is 0.200. The summed E-state index contributed by atoms with van der Waals surface area (Å²) in [5, 5.41) is 9.39. The molecule has 1 N–H and O–H groups in total. The van der Waals surface area contributed by atoms with Gasteiger partial charge in [0.15, 0.2) is 17.3 Å². The zero-order valence-corrected chi connectivity index (χ0v) is 14.9. The summed E-state index contributed by atoms with van der Waals surface area (Å²) in [4.78, 5) is 26.0. The van der Waals surface area contributed by atoms with E-state index in [0.29, 0.717) is 24.5 Å². The Labute approximate surface area is 151 Å². The van der Waals surface area contributed by atoms with Crippen molar-refractivity contribution in [2.45, 2.75) is 25.8 Å². The largest absolute Gasteiger partial charge is 0.493 e. The van der Waals surface area contributed by atoms with Crippen molar-refractivity contribution in [3.05, 3.63) is 46.9 Å². The molecule has 0 saturated heterocycles. The maximum atomic E-state index is 12.9. The summed E-state index contributed by atoms with van der Waals surface area (Å²) >= 11 is 0. The van der Waals surface area contributed by atoms with Gasteiger partial charge >= 0.3 is 5.97 Å². The van der Waals surface area contributed by atoms with Crippen LogP contribution in [0.25, 0.3) is 0 Å². The molecule has 1 aliphatic rings. The lowest BCUT2D eigenvalue weighted by Gasteiger charge is -2.36. The van der Waals surface area contributed by atoms with Crippen LogP contribution in [-0.4, -0.2) is 42.6 Å². The number of benzene rings is 1. The molecule has 3 rings (SSSR count). The predicted molar refractivity (Wildman–Crippen MR) is 92.7 cm³/mol. The van der Waals surface area contributed by atoms with E-state index < -0.39 is 12.0 Å². The number of amides is 1. The fourth-order valence-electron chi connectivity index (χ4n) is 3.38. The third kappa shape index (κ3) is 3.12. The van der Waals surface area contributed by atoms with Crippen molar-refractivity contribution >= 4 is 11.9 Å². The molecule has 138 valence electrons. The Kier molecular flexibility index (Phi) is 4.88. The highest BCUT2D eigenvalue weighted by Gasteiger charge is 2.35. The number of furan rings is 1. The van der Waals surface area contributed by atoms with Crippen molar-refractivity contribution in [1.29, 1.82) is 0 Å². The number of nitrogens with zero attached hydrogens (tertiary/aromatic N) is 1. The molecule has 0 radical (unpaired) electrons. The molecule has 7 heteroatoms. The second kappa shape index (κ2) is 7.11. The highest BCUT2D eigenvalue weighted by atomic mass is 16.5. The summed E-state index contributed by atoms with van der Waals surface area (Å²) in [6.07, 6.45) is 1.85. The van der Waals surface area contributed by atoms with Crippen molar-refractivity contribution in [2.24, 2.45) is 0 Å². The Hall–Kier alpha value is -2.96.